The van der Waals surface area contributed by atoms with Crippen molar-refractivity contribution in [1.82, 2.24) is 5.32 Å². The van der Waals surface area contributed by atoms with Crippen LogP contribution in [0.1, 0.15) is 21.5 Å². The molecule has 0 saturated heterocycles. The Bertz CT molecular complexity index is 694. The van der Waals surface area contributed by atoms with E-state index in [0.717, 1.165) is 5.56 Å². The first-order valence-corrected chi connectivity index (χ1v) is 7.63. The monoisotopic (exact) mass is 351 g/mol. The summed E-state index contributed by atoms with van der Waals surface area (Å²) < 4.78 is 4.63. The molecule has 0 bridgehead atoms. The molecule has 0 atom stereocenters. The van der Waals surface area contributed by atoms with E-state index in [1.165, 1.54) is 7.11 Å². The van der Waals surface area contributed by atoms with Gasteiger partial charge in [-0.25, -0.2) is 4.79 Å². The zero-order valence-electron chi connectivity index (χ0n) is 12.4. The lowest BCUT2D eigenvalue weighted by Gasteiger charge is -2.08. The van der Waals surface area contributed by atoms with Crippen LogP contribution in [0.3, 0.4) is 0 Å². The zero-order valence-corrected chi connectivity index (χ0v) is 13.9. The number of rotatable bonds is 5. The molecule has 2 aromatic carbocycles. The standard InChI is InChI=1S/C17H15Cl2NO3/c1-23-17(22)12-7-5-11(6-8-12)10-20-16(21)9-13-14(18)3-2-4-15(13)19/h2-8H,9-10H2,1H3,(H,20,21). The predicted molar refractivity (Wildman–Crippen MR) is 89.8 cm³/mol. The molecular formula is C17H15Cl2NO3. The normalized spacial score (nSPS) is 10.2. The maximum atomic E-state index is 12.0. The minimum Gasteiger partial charge on any atom is -0.465 e. The van der Waals surface area contributed by atoms with E-state index in [1.54, 1.807) is 42.5 Å². The predicted octanol–water partition coefficient (Wildman–Crippen LogP) is 3.64. The molecule has 0 aromatic heterocycles. The number of hydrogen-bond acceptors (Lipinski definition) is 3. The van der Waals surface area contributed by atoms with Crippen LogP contribution >= 0.6 is 23.2 Å². The van der Waals surface area contributed by atoms with Crippen molar-refractivity contribution in [2.24, 2.45) is 0 Å². The Kier molecular flexibility index (Phi) is 6.02. The summed E-state index contributed by atoms with van der Waals surface area (Å²) in [6.45, 7) is 0.350. The van der Waals surface area contributed by atoms with Crippen LogP contribution in [0.2, 0.25) is 10.0 Å². The van der Waals surface area contributed by atoms with E-state index >= 15 is 0 Å². The minimum atomic E-state index is -0.394. The van der Waals surface area contributed by atoms with Gasteiger partial charge in [-0.1, -0.05) is 41.4 Å². The smallest absolute Gasteiger partial charge is 0.337 e. The number of esters is 1. The Morgan fingerprint density at radius 3 is 2.22 bits per heavy atom. The summed E-state index contributed by atoms with van der Waals surface area (Å²) in [6, 6.07) is 11.9. The van der Waals surface area contributed by atoms with Gasteiger partial charge in [0.2, 0.25) is 5.91 Å². The number of carbonyl (C=O) groups is 2. The maximum Gasteiger partial charge on any atom is 0.337 e. The van der Waals surface area contributed by atoms with Crippen LogP contribution in [0, 0.1) is 0 Å². The molecule has 23 heavy (non-hydrogen) atoms. The third-order valence-electron chi connectivity index (χ3n) is 3.26. The Labute approximate surface area is 144 Å². The van der Waals surface area contributed by atoms with E-state index < -0.39 is 5.97 Å². The number of ether oxygens (including phenoxy) is 1. The SMILES string of the molecule is COC(=O)c1ccc(CNC(=O)Cc2c(Cl)cccc2Cl)cc1. The lowest BCUT2D eigenvalue weighted by Crippen LogP contribution is -2.24. The molecule has 0 aliphatic carbocycles. The first-order valence-electron chi connectivity index (χ1n) is 6.88. The highest BCUT2D eigenvalue weighted by molar-refractivity contribution is 6.36. The molecule has 120 valence electrons. The summed E-state index contributed by atoms with van der Waals surface area (Å²) in [5, 5.41) is 3.73. The fourth-order valence-corrected chi connectivity index (χ4v) is 2.53. The average molecular weight is 352 g/mol. The molecule has 0 unspecified atom stereocenters. The van der Waals surface area contributed by atoms with Crippen LogP contribution in [-0.4, -0.2) is 19.0 Å². The van der Waals surface area contributed by atoms with Crippen molar-refractivity contribution >= 4 is 35.1 Å². The molecule has 2 rings (SSSR count). The number of amides is 1. The number of benzene rings is 2. The van der Waals surface area contributed by atoms with Gasteiger partial charge in [-0.05, 0) is 35.4 Å². The van der Waals surface area contributed by atoms with Crippen molar-refractivity contribution in [2.45, 2.75) is 13.0 Å². The van der Waals surface area contributed by atoms with E-state index in [1.807, 2.05) is 0 Å². The number of methoxy groups -OCH3 is 1. The van der Waals surface area contributed by atoms with Gasteiger partial charge >= 0.3 is 5.97 Å². The van der Waals surface area contributed by atoms with Gasteiger partial charge < -0.3 is 10.1 Å². The lowest BCUT2D eigenvalue weighted by molar-refractivity contribution is -0.120. The summed E-state index contributed by atoms with van der Waals surface area (Å²) in [4.78, 5) is 23.4. The van der Waals surface area contributed by atoms with E-state index in [-0.39, 0.29) is 12.3 Å². The summed E-state index contributed by atoms with van der Waals surface area (Å²) in [7, 11) is 1.33. The van der Waals surface area contributed by atoms with Crippen molar-refractivity contribution in [1.29, 1.82) is 0 Å². The largest absolute Gasteiger partial charge is 0.465 e. The van der Waals surface area contributed by atoms with Gasteiger partial charge in [-0.3, -0.25) is 4.79 Å². The molecule has 4 nitrogen and oxygen atoms in total. The Hall–Kier alpha value is -2.04. The van der Waals surface area contributed by atoms with Crippen LogP contribution in [0.25, 0.3) is 0 Å². The third kappa shape index (κ3) is 4.71. The molecule has 0 saturated carbocycles. The molecule has 0 spiro atoms. The van der Waals surface area contributed by atoms with Crippen molar-refractivity contribution in [3.05, 3.63) is 69.2 Å². The molecular weight excluding hydrogens is 337 g/mol. The number of nitrogens with one attached hydrogen (secondary N) is 1. The number of hydrogen-bond donors (Lipinski definition) is 1. The van der Waals surface area contributed by atoms with Crippen molar-refractivity contribution in [3.63, 3.8) is 0 Å². The van der Waals surface area contributed by atoms with Gasteiger partial charge in [0.25, 0.3) is 0 Å². The first-order chi connectivity index (χ1) is 11.0. The van der Waals surface area contributed by atoms with Gasteiger partial charge in [0.05, 0.1) is 19.1 Å². The molecule has 0 fully saturated rings. The van der Waals surface area contributed by atoms with Crippen LogP contribution in [0.4, 0.5) is 0 Å². The van der Waals surface area contributed by atoms with Crippen molar-refractivity contribution in [3.8, 4) is 0 Å². The number of halogens is 2. The molecule has 6 heteroatoms. The van der Waals surface area contributed by atoms with Crippen LogP contribution in [0.5, 0.6) is 0 Å². The Balaban J connectivity index is 1.93. The topological polar surface area (TPSA) is 55.4 Å². The molecule has 0 aliphatic heterocycles. The van der Waals surface area contributed by atoms with Crippen LogP contribution < -0.4 is 5.32 Å². The second kappa shape index (κ2) is 7.99. The third-order valence-corrected chi connectivity index (χ3v) is 3.97. The van der Waals surface area contributed by atoms with E-state index in [2.05, 4.69) is 10.1 Å². The summed E-state index contributed by atoms with van der Waals surface area (Å²) >= 11 is 12.1. The van der Waals surface area contributed by atoms with E-state index in [4.69, 9.17) is 23.2 Å². The number of carbonyl (C=O) groups excluding carboxylic acids is 2. The lowest BCUT2D eigenvalue weighted by atomic mass is 10.1. The first kappa shape index (κ1) is 17.3. The van der Waals surface area contributed by atoms with Crippen LogP contribution in [-0.2, 0) is 22.5 Å². The fraction of sp³-hybridized carbons (Fsp3) is 0.176. The second-order valence-corrected chi connectivity index (χ2v) is 5.66. The molecule has 0 heterocycles. The fourth-order valence-electron chi connectivity index (χ4n) is 2.00. The molecule has 1 N–H and O–H groups in total. The summed E-state index contributed by atoms with van der Waals surface area (Å²) in [5.74, 6) is -0.578. The van der Waals surface area contributed by atoms with Gasteiger partial charge in [0, 0.05) is 16.6 Å². The Morgan fingerprint density at radius 1 is 1.04 bits per heavy atom. The highest BCUT2D eigenvalue weighted by atomic mass is 35.5. The van der Waals surface area contributed by atoms with Gasteiger partial charge in [-0.2, -0.15) is 0 Å². The summed E-state index contributed by atoms with van der Waals surface area (Å²) in [6.07, 6.45) is 0.110. The van der Waals surface area contributed by atoms with Crippen molar-refractivity contribution in [2.75, 3.05) is 7.11 Å². The van der Waals surface area contributed by atoms with Gasteiger partial charge in [-0.15, -0.1) is 0 Å². The molecule has 1 amide bonds. The average Bonchev–Trinajstić information content (AvgIpc) is 2.56. The quantitative estimate of drug-likeness (QED) is 0.836. The van der Waals surface area contributed by atoms with Crippen LogP contribution in [0.15, 0.2) is 42.5 Å². The Morgan fingerprint density at radius 2 is 1.65 bits per heavy atom. The highest BCUT2D eigenvalue weighted by Crippen LogP contribution is 2.24. The molecule has 2 aromatic rings. The van der Waals surface area contributed by atoms with Gasteiger partial charge in [0.15, 0.2) is 0 Å². The van der Waals surface area contributed by atoms with E-state index in [9.17, 15) is 9.59 Å². The van der Waals surface area contributed by atoms with Gasteiger partial charge in [0.1, 0.15) is 0 Å². The van der Waals surface area contributed by atoms with E-state index in [0.29, 0.717) is 27.7 Å². The molecule has 0 aliphatic rings. The minimum absolute atomic E-state index is 0.110. The molecule has 0 radical (unpaired) electrons. The maximum absolute atomic E-state index is 12.0. The highest BCUT2D eigenvalue weighted by Gasteiger charge is 2.11. The summed E-state index contributed by atoms with van der Waals surface area (Å²) in [5.41, 5.74) is 1.94. The zero-order chi connectivity index (χ0) is 16.8. The second-order valence-electron chi connectivity index (χ2n) is 4.84. The van der Waals surface area contributed by atoms with Crippen molar-refractivity contribution < 1.29 is 14.3 Å².